The molecule has 0 saturated carbocycles. The van der Waals surface area contributed by atoms with Crippen LogP contribution in [-0.4, -0.2) is 41.3 Å². The van der Waals surface area contributed by atoms with Crippen molar-refractivity contribution in [3.05, 3.63) is 0 Å². The number of carboxylic acids is 1. The Morgan fingerprint density at radius 1 is 1.40 bits per heavy atom. The van der Waals surface area contributed by atoms with Crippen LogP contribution in [0, 0.1) is 11.8 Å². The molecule has 6 nitrogen and oxygen atoms in total. The summed E-state index contributed by atoms with van der Waals surface area (Å²) in [5, 5.41) is 19.6. The van der Waals surface area contributed by atoms with Crippen LogP contribution in [-0.2, 0) is 9.59 Å². The molecule has 2 atom stereocenters. The van der Waals surface area contributed by atoms with Crippen LogP contribution in [0.5, 0.6) is 0 Å². The SMILES string of the molecule is CC(C)C(CN)C(=O)N[C@H](CO)C(=O)O. The number of nitrogens with two attached hydrogens (primary N) is 1. The van der Waals surface area contributed by atoms with Gasteiger partial charge in [0.25, 0.3) is 0 Å². The Hall–Kier alpha value is -1.14. The highest BCUT2D eigenvalue weighted by atomic mass is 16.4. The molecule has 1 unspecified atom stereocenters. The molecule has 0 heterocycles. The normalized spacial score (nSPS) is 14.7. The van der Waals surface area contributed by atoms with Crippen molar-refractivity contribution in [1.82, 2.24) is 5.32 Å². The highest BCUT2D eigenvalue weighted by Gasteiger charge is 2.25. The van der Waals surface area contributed by atoms with Crippen LogP contribution in [0.2, 0.25) is 0 Å². The molecule has 0 rings (SSSR count). The fraction of sp³-hybridized carbons (Fsp3) is 0.778. The maximum Gasteiger partial charge on any atom is 0.328 e. The molecule has 0 aliphatic carbocycles. The zero-order valence-electron chi connectivity index (χ0n) is 8.93. The quantitative estimate of drug-likeness (QED) is 0.446. The van der Waals surface area contributed by atoms with Gasteiger partial charge in [-0.15, -0.1) is 0 Å². The minimum absolute atomic E-state index is 0.0307. The second-order valence-electron chi connectivity index (χ2n) is 3.67. The van der Waals surface area contributed by atoms with Crippen LogP contribution in [0.25, 0.3) is 0 Å². The third-order valence-electron chi connectivity index (χ3n) is 2.19. The van der Waals surface area contributed by atoms with Crippen molar-refractivity contribution in [3.63, 3.8) is 0 Å². The monoisotopic (exact) mass is 218 g/mol. The maximum atomic E-state index is 11.5. The molecule has 1 amide bonds. The van der Waals surface area contributed by atoms with Gasteiger partial charge >= 0.3 is 5.97 Å². The number of rotatable bonds is 6. The van der Waals surface area contributed by atoms with Gasteiger partial charge in [0.2, 0.25) is 5.91 Å². The lowest BCUT2D eigenvalue weighted by molar-refractivity contribution is -0.143. The van der Waals surface area contributed by atoms with Gasteiger partial charge in [-0.05, 0) is 5.92 Å². The van der Waals surface area contributed by atoms with Crippen molar-refractivity contribution < 1.29 is 19.8 Å². The summed E-state index contributed by atoms with van der Waals surface area (Å²) in [6, 6.07) is -1.26. The smallest absolute Gasteiger partial charge is 0.328 e. The van der Waals surface area contributed by atoms with Crippen LogP contribution >= 0.6 is 0 Å². The first-order valence-electron chi connectivity index (χ1n) is 4.78. The molecule has 0 fully saturated rings. The summed E-state index contributed by atoms with van der Waals surface area (Å²) in [4.78, 5) is 22.1. The van der Waals surface area contributed by atoms with E-state index >= 15 is 0 Å². The predicted molar refractivity (Wildman–Crippen MR) is 54.0 cm³/mol. The fourth-order valence-electron chi connectivity index (χ4n) is 1.15. The van der Waals surface area contributed by atoms with Crippen LogP contribution in [0.3, 0.4) is 0 Å². The Balaban J connectivity index is 4.38. The minimum atomic E-state index is -1.26. The molecule has 6 heteroatoms. The molecule has 0 bridgehead atoms. The second-order valence-corrected chi connectivity index (χ2v) is 3.67. The van der Waals surface area contributed by atoms with Crippen molar-refractivity contribution in [1.29, 1.82) is 0 Å². The third kappa shape index (κ3) is 4.26. The number of aliphatic carboxylic acids is 1. The summed E-state index contributed by atoms with van der Waals surface area (Å²) in [7, 11) is 0. The fourth-order valence-corrected chi connectivity index (χ4v) is 1.15. The van der Waals surface area contributed by atoms with Crippen molar-refractivity contribution in [2.24, 2.45) is 17.6 Å². The van der Waals surface area contributed by atoms with Gasteiger partial charge in [0.15, 0.2) is 0 Å². The summed E-state index contributed by atoms with van der Waals surface area (Å²) < 4.78 is 0. The number of carbonyl (C=O) groups excluding carboxylic acids is 1. The third-order valence-corrected chi connectivity index (χ3v) is 2.19. The van der Waals surface area contributed by atoms with Crippen molar-refractivity contribution in [3.8, 4) is 0 Å². The molecule has 88 valence electrons. The summed E-state index contributed by atoms with van der Waals surface area (Å²) in [6.45, 7) is 3.18. The highest BCUT2D eigenvalue weighted by Crippen LogP contribution is 2.09. The van der Waals surface area contributed by atoms with Gasteiger partial charge in [-0.25, -0.2) is 4.79 Å². The molecule has 5 N–H and O–H groups in total. The number of nitrogens with one attached hydrogen (secondary N) is 1. The first kappa shape index (κ1) is 13.9. The molecule has 0 spiro atoms. The summed E-state index contributed by atoms with van der Waals surface area (Å²) >= 11 is 0. The van der Waals surface area contributed by atoms with E-state index in [4.69, 9.17) is 15.9 Å². The van der Waals surface area contributed by atoms with E-state index in [1.807, 2.05) is 13.8 Å². The standard InChI is InChI=1S/C9H18N2O4/c1-5(2)6(3-10)8(13)11-7(4-12)9(14)15/h5-7,12H,3-4,10H2,1-2H3,(H,11,13)(H,14,15)/t6?,7-/m1/s1. The summed E-state index contributed by atoms with van der Waals surface area (Å²) in [6.07, 6.45) is 0. The minimum Gasteiger partial charge on any atom is -0.480 e. The Labute approximate surface area is 88.5 Å². The number of hydrogen-bond acceptors (Lipinski definition) is 4. The molecular formula is C9H18N2O4. The van der Waals surface area contributed by atoms with E-state index in [0.29, 0.717) is 0 Å². The average Bonchev–Trinajstić information content (AvgIpc) is 2.14. The van der Waals surface area contributed by atoms with Gasteiger partial charge in [0, 0.05) is 6.54 Å². The molecule has 0 aromatic carbocycles. The van der Waals surface area contributed by atoms with Gasteiger partial charge in [-0.2, -0.15) is 0 Å². The van der Waals surface area contributed by atoms with Gasteiger partial charge in [-0.3, -0.25) is 4.79 Å². The molecule has 0 aromatic heterocycles. The Bertz CT molecular complexity index is 230. The summed E-state index contributed by atoms with van der Waals surface area (Å²) in [5.74, 6) is -2.10. The zero-order chi connectivity index (χ0) is 12.0. The Kier molecular flexibility index (Phi) is 5.88. The average molecular weight is 218 g/mol. The number of aliphatic hydroxyl groups is 1. The second kappa shape index (κ2) is 6.36. The van der Waals surface area contributed by atoms with Crippen LogP contribution < -0.4 is 11.1 Å². The predicted octanol–water partition coefficient (Wildman–Crippen LogP) is -1.22. The number of carbonyl (C=O) groups is 2. The van der Waals surface area contributed by atoms with E-state index < -0.39 is 30.4 Å². The summed E-state index contributed by atoms with van der Waals surface area (Å²) in [5.41, 5.74) is 5.40. The number of aliphatic hydroxyl groups excluding tert-OH is 1. The van der Waals surface area contributed by atoms with Crippen molar-refractivity contribution in [2.75, 3.05) is 13.2 Å². The molecule has 0 aromatic rings. The number of amides is 1. The molecule has 0 aliphatic heterocycles. The molecule has 0 radical (unpaired) electrons. The lowest BCUT2D eigenvalue weighted by Gasteiger charge is -2.20. The van der Waals surface area contributed by atoms with Crippen LogP contribution in [0.4, 0.5) is 0 Å². The molecule has 15 heavy (non-hydrogen) atoms. The first-order valence-corrected chi connectivity index (χ1v) is 4.78. The maximum absolute atomic E-state index is 11.5. The van der Waals surface area contributed by atoms with E-state index in [1.165, 1.54) is 0 Å². The van der Waals surface area contributed by atoms with Crippen molar-refractivity contribution >= 4 is 11.9 Å². The van der Waals surface area contributed by atoms with E-state index in [0.717, 1.165) is 0 Å². The van der Waals surface area contributed by atoms with Gasteiger partial charge in [0.05, 0.1) is 12.5 Å². The first-order chi connectivity index (χ1) is 6.93. The number of hydrogen-bond donors (Lipinski definition) is 4. The number of carboxylic acid groups (broad SMARTS) is 1. The zero-order valence-corrected chi connectivity index (χ0v) is 8.93. The van der Waals surface area contributed by atoms with E-state index in [9.17, 15) is 9.59 Å². The van der Waals surface area contributed by atoms with Crippen molar-refractivity contribution in [2.45, 2.75) is 19.9 Å². The van der Waals surface area contributed by atoms with Crippen LogP contribution in [0.1, 0.15) is 13.8 Å². The van der Waals surface area contributed by atoms with Crippen LogP contribution in [0.15, 0.2) is 0 Å². The molecule has 0 saturated heterocycles. The van der Waals surface area contributed by atoms with E-state index in [1.54, 1.807) is 0 Å². The van der Waals surface area contributed by atoms with E-state index in [2.05, 4.69) is 5.32 Å². The van der Waals surface area contributed by atoms with Gasteiger partial charge < -0.3 is 21.3 Å². The Morgan fingerprint density at radius 3 is 2.20 bits per heavy atom. The Morgan fingerprint density at radius 2 is 1.93 bits per heavy atom. The molecule has 0 aliphatic rings. The largest absolute Gasteiger partial charge is 0.480 e. The molecular weight excluding hydrogens is 200 g/mol. The highest BCUT2D eigenvalue weighted by molar-refractivity contribution is 5.85. The van der Waals surface area contributed by atoms with Gasteiger partial charge in [0.1, 0.15) is 6.04 Å². The topological polar surface area (TPSA) is 113 Å². The van der Waals surface area contributed by atoms with Gasteiger partial charge in [-0.1, -0.05) is 13.8 Å². The van der Waals surface area contributed by atoms with E-state index in [-0.39, 0.29) is 12.5 Å². The lowest BCUT2D eigenvalue weighted by Crippen LogP contribution is -2.48. The lowest BCUT2D eigenvalue weighted by atomic mass is 9.95.